The average molecular weight is 406 g/mol. The van der Waals surface area contributed by atoms with Gasteiger partial charge in [-0.2, -0.15) is 0 Å². The van der Waals surface area contributed by atoms with Crippen LogP contribution in [0.15, 0.2) is 39.3 Å². The summed E-state index contributed by atoms with van der Waals surface area (Å²) in [7, 11) is 0. The summed E-state index contributed by atoms with van der Waals surface area (Å²) < 4.78 is 27.3. The van der Waals surface area contributed by atoms with Gasteiger partial charge in [-0.25, -0.2) is 8.78 Å². The van der Waals surface area contributed by atoms with Gasteiger partial charge in [0.2, 0.25) is 0 Å². The first-order chi connectivity index (χ1) is 9.36. The highest BCUT2D eigenvalue weighted by Crippen LogP contribution is 2.28. The van der Waals surface area contributed by atoms with E-state index in [1.54, 1.807) is 12.1 Å². The molecule has 0 aliphatic heterocycles. The molecule has 2 aromatic carbocycles. The van der Waals surface area contributed by atoms with Crippen molar-refractivity contribution >= 4 is 49.1 Å². The van der Waals surface area contributed by atoms with E-state index in [0.717, 1.165) is 6.07 Å². The van der Waals surface area contributed by atoms with Crippen molar-refractivity contribution in [3.63, 3.8) is 0 Å². The van der Waals surface area contributed by atoms with Gasteiger partial charge < -0.3 is 11.1 Å². The molecule has 0 spiro atoms. The minimum Gasteiger partial charge on any atom is -0.399 e. The van der Waals surface area contributed by atoms with Crippen molar-refractivity contribution in [2.24, 2.45) is 0 Å². The monoisotopic (exact) mass is 404 g/mol. The number of nitrogens with one attached hydrogen (secondary N) is 1. The molecule has 20 heavy (non-hydrogen) atoms. The van der Waals surface area contributed by atoms with Crippen LogP contribution in [0.5, 0.6) is 0 Å². The minimum absolute atomic E-state index is 0.117. The highest BCUT2D eigenvalue weighted by Gasteiger charge is 2.14. The molecule has 0 bridgehead atoms. The maximum Gasteiger partial charge on any atom is 0.255 e. The molecule has 3 nitrogen and oxygen atoms in total. The fourth-order valence-electron chi connectivity index (χ4n) is 1.59. The molecule has 104 valence electrons. The number of anilines is 2. The smallest absolute Gasteiger partial charge is 0.255 e. The van der Waals surface area contributed by atoms with Crippen LogP contribution in [-0.2, 0) is 0 Å². The van der Waals surface area contributed by atoms with Crippen LogP contribution in [0.1, 0.15) is 10.4 Å². The van der Waals surface area contributed by atoms with E-state index in [1.165, 1.54) is 6.07 Å². The van der Waals surface area contributed by atoms with Crippen molar-refractivity contribution in [2.75, 3.05) is 11.1 Å². The lowest BCUT2D eigenvalue weighted by Gasteiger charge is -2.09. The van der Waals surface area contributed by atoms with E-state index in [-0.39, 0.29) is 15.7 Å². The van der Waals surface area contributed by atoms with Crippen LogP contribution in [0.2, 0.25) is 0 Å². The standard InChI is InChI=1S/C13H8Br2F2N2O/c14-7-1-6(2-9(18)3-7)13(20)19-12-10(15)4-8(16)5-11(12)17/h1-5H,18H2,(H,19,20). The first-order valence-electron chi connectivity index (χ1n) is 5.39. The number of benzene rings is 2. The van der Waals surface area contributed by atoms with Gasteiger partial charge >= 0.3 is 0 Å². The molecule has 0 saturated heterocycles. The van der Waals surface area contributed by atoms with Crippen LogP contribution in [0.3, 0.4) is 0 Å². The number of carbonyl (C=O) groups excluding carboxylic acids is 1. The van der Waals surface area contributed by atoms with Gasteiger partial charge in [0.25, 0.3) is 5.91 Å². The summed E-state index contributed by atoms with van der Waals surface area (Å²) in [5.41, 5.74) is 6.15. The SMILES string of the molecule is Nc1cc(Br)cc(C(=O)Nc2c(F)cc(F)cc2Br)c1. The summed E-state index contributed by atoms with van der Waals surface area (Å²) in [6.45, 7) is 0. The Bertz CT molecular complexity index is 649. The Morgan fingerprint density at radius 1 is 1.10 bits per heavy atom. The molecule has 2 rings (SSSR count). The molecule has 0 radical (unpaired) electrons. The maximum absolute atomic E-state index is 13.6. The molecular formula is C13H8Br2F2N2O. The number of carbonyl (C=O) groups is 1. The maximum atomic E-state index is 13.6. The molecule has 0 aliphatic rings. The number of halogens is 4. The first-order valence-corrected chi connectivity index (χ1v) is 6.97. The van der Waals surface area contributed by atoms with Gasteiger partial charge in [-0.1, -0.05) is 15.9 Å². The fourth-order valence-corrected chi connectivity index (χ4v) is 2.61. The molecule has 0 aromatic heterocycles. The van der Waals surface area contributed by atoms with Gasteiger partial charge in [-0.05, 0) is 40.2 Å². The molecule has 0 atom stereocenters. The van der Waals surface area contributed by atoms with E-state index in [0.29, 0.717) is 16.2 Å². The Balaban J connectivity index is 2.32. The van der Waals surface area contributed by atoms with E-state index < -0.39 is 17.5 Å². The van der Waals surface area contributed by atoms with E-state index >= 15 is 0 Å². The summed E-state index contributed by atoms with van der Waals surface area (Å²) in [6, 6.07) is 6.38. The average Bonchev–Trinajstić information content (AvgIpc) is 2.32. The third-order valence-corrected chi connectivity index (χ3v) is 3.51. The number of hydrogen-bond acceptors (Lipinski definition) is 2. The lowest BCUT2D eigenvalue weighted by Crippen LogP contribution is -2.14. The second-order valence-electron chi connectivity index (χ2n) is 3.97. The zero-order valence-corrected chi connectivity index (χ0v) is 13.1. The second-order valence-corrected chi connectivity index (χ2v) is 5.74. The topological polar surface area (TPSA) is 55.1 Å². The molecule has 0 heterocycles. The minimum atomic E-state index is -0.867. The summed E-state index contributed by atoms with van der Waals surface area (Å²) in [5.74, 6) is -2.16. The van der Waals surface area contributed by atoms with Crippen LogP contribution in [0, 0.1) is 11.6 Å². The highest BCUT2D eigenvalue weighted by molar-refractivity contribution is 9.10. The molecule has 1 amide bonds. The van der Waals surface area contributed by atoms with Crippen molar-refractivity contribution in [3.05, 3.63) is 56.5 Å². The zero-order valence-electron chi connectivity index (χ0n) is 9.88. The van der Waals surface area contributed by atoms with Gasteiger partial charge in [-0.15, -0.1) is 0 Å². The van der Waals surface area contributed by atoms with Gasteiger partial charge in [0.1, 0.15) is 5.82 Å². The number of nitrogen functional groups attached to an aromatic ring is 1. The molecule has 3 N–H and O–H groups in total. The lowest BCUT2D eigenvalue weighted by atomic mass is 10.2. The molecule has 7 heteroatoms. The van der Waals surface area contributed by atoms with Crippen LogP contribution >= 0.6 is 31.9 Å². The van der Waals surface area contributed by atoms with Crippen LogP contribution in [0.25, 0.3) is 0 Å². The number of rotatable bonds is 2. The number of nitrogens with two attached hydrogens (primary N) is 1. The van der Waals surface area contributed by atoms with E-state index in [9.17, 15) is 13.6 Å². The third kappa shape index (κ3) is 3.34. The summed E-state index contributed by atoms with van der Waals surface area (Å²) in [5, 5.41) is 2.37. The molecule has 0 fully saturated rings. The summed E-state index contributed by atoms with van der Waals surface area (Å²) >= 11 is 6.21. The Hall–Kier alpha value is -1.47. The highest BCUT2D eigenvalue weighted by atomic mass is 79.9. The first kappa shape index (κ1) is 14.9. The fraction of sp³-hybridized carbons (Fsp3) is 0. The van der Waals surface area contributed by atoms with E-state index in [2.05, 4.69) is 37.2 Å². The van der Waals surface area contributed by atoms with Gasteiger partial charge in [0.05, 0.1) is 5.69 Å². The van der Waals surface area contributed by atoms with Crippen LogP contribution in [0.4, 0.5) is 20.2 Å². The predicted molar refractivity (Wildman–Crippen MR) is 80.6 cm³/mol. The van der Waals surface area contributed by atoms with Crippen molar-refractivity contribution in [2.45, 2.75) is 0 Å². The van der Waals surface area contributed by atoms with Crippen molar-refractivity contribution in [1.29, 1.82) is 0 Å². The molecular weight excluding hydrogens is 398 g/mol. The van der Waals surface area contributed by atoms with E-state index in [1.807, 2.05) is 0 Å². The molecule has 0 saturated carbocycles. The van der Waals surface area contributed by atoms with E-state index in [4.69, 9.17) is 5.73 Å². The van der Waals surface area contributed by atoms with Crippen LogP contribution < -0.4 is 11.1 Å². The second kappa shape index (κ2) is 5.88. The largest absolute Gasteiger partial charge is 0.399 e. The zero-order chi connectivity index (χ0) is 14.9. The van der Waals surface area contributed by atoms with Crippen molar-refractivity contribution < 1.29 is 13.6 Å². The lowest BCUT2D eigenvalue weighted by molar-refractivity contribution is 0.102. The predicted octanol–water partition coefficient (Wildman–Crippen LogP) is 4.32. The summed E-state index contributed by atoms with van der Waals surface area (Å²) in [6.07, 6.45) is 0. The van der Waals surface area contributed by atoms with Crippen LogP contribution in [-0.4, -0.2) is 5.91 Å². The van der Waals surface area contributed by atoms with Crippen molar-refractivity contribution in [1.82, 2.24) is 0 Å². The Morgan fingerprint density at radius 3 is 2.40 bits per heavy atom. The summed E-state index contributed by atoms with van der Waals surface area (Å²) in [4.78, 5) is 12.0. The number of amides is 1. The Morgan fingerprint density at radius 2 is 1.80 bits per heavy atom. The van der Waals surface area contributed by atoms with Crippen molar-refractivity contribution in [3.8, 4) is 0 Å². The molecule has 2 aromatic rings. The molecule has 0 aliphatic carbocycles. The number of hydrogen-bond donors (Lipinski definition) is 2. The van der Waals surface area contributed by atoms with Gasteiger partial charge in [0.15, 0.2) is 5.82 Å². The van der Waals surface area contributed by atoms with Gasteiger partial charge in [0, 0.05) is 26.3 Å². The van der Waals surface area contributed by atoms with Gasteiger partial charge in [-0.3, -0.25) is 4.79 Å². The quantitative estimate of drug-likeness (QED) is 0.731. The Labute approximate surface area is 130 Å². The Kier molecular flexibility index (Phi) is 4.39. The third-order valence-electron chi connectivity index (χ3n) is 2.43. The molecule has 0 unspecified atom stereocenters. The normalized spacial score (nSPS) is 10.4.